The van der Waals surface area contributed by atoms with E-state index in [1.165, 1.54) is 18.4 Å². The molecule has 0 aliphatic carbocycles. The van der Waals surface area contributed by atoms with Gasteiger partial charge in [-0.25, -0.2) is 13.6 Å². The lowest BCUT2D eigenvalue weighted by Crippen LogP contribution is -2.49. The maximum absolute atomic E-state index is 13.8. The van der Waals surface area contributed by atoms with E-state index in [1.807, 2.05) is 0 Å². The number of hydrogen-bond donors (Lipinski definition) is 1. The molecule has 0 saturated carbocycles. The van der Waals surface area contributed by atoms with Crippen LogP contribution in [0.3, 0.4) is 0 Å². The highest BCUT2D eigenvalue weighted by atomic mass is 19.1. The van der Waals surface area contributed by atoms with Crippen LogP contribution in [0.4, 0.5) is 19.4 Å². The smallest absolute Gasteiger partial charge is 0.323 e. The van der Waals surface area contributed by atoms with E-state index >= 15 is 0 Å². The number of urea groups is 1. The van der Waals surface area contributed by atoms with Crippen molar-refractivity contribution >= 4 is 17.9 Å². The molecule has 3 heterocycles. The third-order valence-corrected chi connectivity index (χ3v) is 5.70. The number of amides is 2. The monoisotopic (exact) mass is 402 g/mol. The molecule has 0 radical (unpaired) electrons. The molecule has 8 heteroatoms. The maximum atomic E-state index is 13.8. The standard InChI is InChI=1S/C21H24F2N4O2/c22-17-1-2-19(23)16(14-17)13-15-3-8-26(9-4-15)18-5-10-27(11-6-18)21(28)24-20-7-12-29-25-20/h1-2,7,12-14,18H,3-6,8-11H2,(H,24,25,28). The lowest BCUT2D eigenvalue weighted by molar-refractivity contribution is 0.115. The molecule has 1 N–H and O–H groups in total. The number of aromatic nitrogens is 1. The minimum absolute atomic E-state index is 0.154. The Labute approximate surface area is 168 Å². The van der Waals surface area contributed by atoms with E-state index in [9.17, 15) is 13.6 Å². The first kappa shape index (κ1) is 19.6. The zero-order valence-corrected chi connectivity index (χ0v) is 16.1. The quantitative estimate of drug-likeness (QED) is 0.839. The zero-order chi connectivity index (χ0) is 20.2. The van der Waals surface area contributed by atoms with Crippen LogP contribution >= 0.6 is 0 Å². The fourth-order valence-electron chi connectivity index (χ4n) is 4.07. The molecule has 0 atom stereocenters. The van der Waals surface area contributed by atoms with Gasteiger partial charge in [-0.3, -0.25) is 10.2 Å². The number of benzene rings is 1. The van der Waals surface area contributed by atoms with E-state index in [-0.39, 0.29) is 6.03 Å². The minimum Gasteiger partial charge on any atom is -0.363 e. The number of piperidine rings is 2. The fraction of sp³-hybridized carbons (Fsp3) is 0.429. The summed E-state index contributed by atoms with van der Waals surface area (Å²) in [5.41, 5.74) is 1.47. The largest absolute Gasteiger partial charge is 0.363 e. The number of rotatable bonds is 3. The first-order chi connectivity index (χ1) is 14.1. The van der Waals surface area contributed by atoms with Crippen LogP contribution in [-0.2, 0) is 0 Å². The van der Waals surface area contributed by atoms with Crippen LogP contribution in [0.1, 0.15) is 31.2 Å². The highest BCUT2D eigenvalue weighted by Crippen LogP contribution is 2.26. The highest BCUT2D eigenvalue weighted by molar-refractivity contribution is 5.88. The summed E-state index contributed by atoms with van der Waals surface area (Å²) in [5.74, 6) is -0.394. The van der Waals surface area contributed by atoms with Crippen molar-refractivity contribution in [2.24, 2.45) is 0 Å². The molecule has 1 aromatic heterocycles. The summed E-state index contributed by atoms with van der Waals surface area (Å²) in [5, 5.41) is 6.42. The minimum atomic E-state index is -0.421. The Morgan fingerprint density at radius 3 is 2.59 bits per heavy atom. The van der Waals surface area contributed by atoms with E-state index in [4.69, 9.17) is 4.52 Å². The van der Waals surface area contributed by atoms with Gasteiger partial charge in [0.15, 0.2) is 5.82 Å². The predicted octanol–water partition coefficient (Wildman–Crippen LogP) is 4.13. The molecule has 0 bridgehead atoms. The third kappa shape index (κ3) is 4.82. The van der Waals surface area contributed by atoms with Gasteiger partial charge in [0.05, 0.1) is 0 Å². The van der Waals surface area contributed by atoms with E-state index < -0.39 is 11.6 Å². The van der Waals surface area contributed by atoms with Crippen molar-refractivity contribution in [3.8, 4) is 0 Å². The number of anilines is 1. The number of carbonyl (C=O) groups excluding carboxylic acids is 1. The first-order valence-corrected chi connectivity index (χ1v) is 9.93. The predicted molar refractivity (Wildman–Crippen MR) is 105 cm³/mol. The molecule has 1 aromatic carbocycles. The molecule has 6 nitrogen and oxygen atoms in total. The lowest BCUT2D eigenvalue weighted by Gasteiger charge is -2.40. The normalized spacial score (nSPS) is 18.7. The van der Waals surface area contributed by atoms with Gasteiger partial charge >= 0.3 is 6.03 Å². The molecular weight excluding hydrogens is 378 g/mol. The summed E-state index contributed by atoms with van der Waals surface area (Å²) in [4.78, 5) is 16.5. The molecule has 2 amide bonds. The van der Waals surface area contributed by atoms with Crippen molar-refractivity contribution in [1.82, 2.24) is 15.0 Å². The van der Waals surface area contributed by atoms with Gasteiger partial charge in [0, 0.05) is 43.9 Å². The van der Waals surface area contributed by atoms with Crippen molar-refractivity contribution in [1.29, 1.82) is 0 Å². The number of likely N-dealkylation sites (tertiary alicyclic amines) is 2. The van der Waals surface area contributed by atoms with E-state index in [2.05, 4.69) is 15.4 Å². The Kier molecular flexibility index (Phi) is 5.89. The summed E-state index contributed by atoms with van der Waals surface area (Å²) in [6, 6.07) is 5.45. The molecule has 4 rings (SSSR count). The Hall–Kier alpha value is -2.74. The van der Waals surface area contributed by atoms with Crippen molar-refractivity contribution in [3.63, 3.8) is 0 Å². The average molecular weight is 402 g/mol. The third-order valence-electron chi connectivity index (χ3n) is 5.70. The second-order valence-electron chi connectivity index (χ2n) is 7.54. The van der Waals surface area contributed by atoms with Crippen molar-refractivity contribution in [2.75, 3.05) is 31.5 Å². The molecule has 0 spiro atoms. The SMILES string of the molecule is O=C(Nc1ccon1)N1CCC(N2CCC(=Cc3cc(F)ccc3F)CC2)CC1. The highest BCUT2D eigenvalue weighted by Gasteiger charge is 2.28. The summed E-state index contributed by atoms with van der Waals surface area (Å²) in [7, 11) is 0. The van der Waals surface area contributed by atoms with Crippen molar-refractivity contribution < 1.29 is 18.1 Å². The topological polar surface area (TPSA) is 61.6 Å². The average Bonchev–Trinajstić information content (AvgIpc) is 3.24. The van der Waals surface area contributed by atoms with Crippen LogP contribution in [-0.4, -0.2) is 53.2 Å². The molecule has 2 aliphatic heterocycles. The fourth-order valence-corrected chi connectivity index (χ4v) is 4.07. The van der Waals surface area contributed by atoms with Crippen LogP contribution < -0.4 is 5.32 Å². The van der Waals surface area contributed by atoms with Crippen LogP contribution in [0.2, 0.25) is 0 Å². The van der Waals surface area contributed by atoms with Crippen molar-refractivity contribution in [2.45, 2.75) is 31.7 Å². The van der Waals surface area contributed by atoms with Gasteiger partial charge in [0.2, 0.25) is 0 Å². The maximum Gasteiger partial charge on any atom is 0.323 e. The number of carbonyl (C=O) groups is 1. The van der Waals surface area contributed by atoms with Crippen molar-refractivity contribution in [3.05, 3.63) is 53.3 Å². The number of hydrogen-bond acceptors (Lipinski definition) is 4. The summed E-state index contributed by atoms with van der Waals surface area (Å²) in [6.07, 6.45) is 6.75. The van der Waals surface area contributed by atoms with Gasteiger partial charge in [-0.2, -0.15) is 0 Å². The van der Waals surface area contributed by atoms with E-state index in [0.29, 0.717) is 30.5 Å². The Morgan fingerprint density at radius 1 is 1.14 bits per heavy atom. The zero-order valence-electron chi connectivity index (χ0n) is 16.1. The first-order valence-electron chi connectivity index (χ1n) is 9.93. The van der Waals surface area contributed by atoms with Crippen LogP contribution in [0.15, 0.2) is 40.6 Å². The molecule has 0 unspecified atom stereocenters. The van der Waals surface area contributed by atoms with E-state index in [1.54, 1.807) is 17.0 Å². The second kappa shape index (κ2) is 8.73. The number of halogens is 2. The Balaban J connectivity index is 1.26. The molecule has 29 heavy (non-hydrogen) atoms. The van der Waals surface area contributed by atoms with Crippen LogP contribution in [0.5, 0.6) is 0 Å². The van der Waals surface area contributed by atoms with Crippen LogP contribution in [0.25, 0.3) is 6.08 Å². The Bertz CT molecular complexity index is 867. The summed E-state index contributed by atoms with van der Waals surface area (Å²) in [6.45, 7) is 3.20. The summed E-state index contributed by atoms with van der Waals surface area (Å²) >= 11 is 0. The second-order valence-corrected chi connectivity index (χ2v) is 7.54. The van der Waals surface area contributed by atoms with Gasteiger partial charge in [-0.1, -0.05) is 16.8 Å². The van der Waals surface area contributed by atoms with Crippen LogP contribution in [0, 0.1) is 11.6 Å². The molecule has 154 valence electrons. The summed E-state index contributed by atoms with van der Waals surface area (Å²) < 4.78 is 31.9. The van der Waals surface area contributed by atoms with E-state index in [0.717, 1.165) is 50.4 Å². The molecule has 2 saturated heterocycles. The van der Waals surface area contributed by atoms with Gasteiger partial charge in [-0.05, 0) is 43.9 Å². The van der Waals surface area contributed by atoms with Gasteiger partial charge in [-0.15, -0.1) is 0 Å². The van der Waals surface area contributed by atoms with Gasteiger partial charge in [0.25, 0.3) is 0 Å². The molecule has 2 aromatic rings. The van der Waals surface area contributed by atoms with Gasteiger partial charge < -0.3 is 9.42 Å². The molecular formula is C21H24F2N4O2. The number of nitrogens with one attached hydrogen (secondary N) is 1. The molecule has 2 aliphatic rings. The number of nitrogens with zero attached hydrogens (tertiary/aromatic N) is 3. The van der Waals surface area contributed by atoms with Gasteiger partial charge in [0.1, 0.15) is 17.9 Å². The molecule has 2 fully saturated rings. The Morgan fingerprint density at radius 2 is 1.90 bits per heavy atom. The lowest BCUT2D eigenvalue weighted by atomic mass is 9.96.